The number of aromatic nitrogens is 2. The molecule has 1 heterocycles. The number of fused-ring (bicyclic) bond motifs is 1. The van der Waals surface area contributed by atoms with Crippen molar-refractivity contribution in [2.75, 3.05) is 0 Å². The second-order valence-corrected chi connectivity index (χ2v) is 7.39. The summed E-state index contributed by atoms with van der Waals surface area (Å²) in [7, 11) is 0. The monoisotopic (exact) mass is 374 g/mol. The van der Waals surface area contributed by atoms with Crippen LogP contribution in [0.5, 0.6) is 0 Å². The first-order valence-electron chi connectivity index (χ1n) is 9.88. The molecule has 28 heavy (non-hydrogen) atoms. The Morgan fingerprint density at radius 3 is 2.75 bits per heavy atom. The van der Waals surface area contributed by atoms with E-state index in [4.69, 9.17) is 0 Å². The number of carbonyl (C=O) groups excluding carboxylic acids is 1. The Bertz CT molecular complexity index is 948. The molecule has 1 aliphatic rings. The predicted octanol–water partition coefficient (Wildman–Crippen LogP) is 4.12. The van der Waals surface area contributed by atoms with Crippen molar-refractivity contribution in [3.63, 3.8) is 0 Å². The van der Waals surface area contributed by atoms with Crippen molar-refractivity contribution in [3.05, 3.63) is 88.7 Å². The molecule has 1 aromatic heterocycles. The molecule has 1 unspecified atom stereocenters. The molecule has 0 fully saturated rings. The smallest absolute Gasteiger partial charge is 0.315 e. The van der Waals surface area contributed by atoms with Gasteiger partial charge in [-0.05, 0) is 42.9 Å². The molecule has 0 radical (unpaired) electrons. The zero-order chi connectivity index (χ0) is 19.3. The van der Waals surface area contributed by atoms with Crippen LogP contribution in [-0.2, 0) is 19.5 Å². The number of aryl methyl sites for hydroxylation is 1. The van der Waals surface area contributed by atoms with Crippen molar-refractivity contribution in [1.29, 1.82) is 0 Å². The fraction of sp³-hybridized carbons (Fsp3) is 0.304. The van der Waals surface area contributed by atoms with Crippen molar-refractivity contribution >= 4 is 6.03 Å². The average Bonchev–Trinajstić information content (AvgIpc) is 3.12. The van der Waals surface area contributed by atoms with E-state index in [-0.39, 0.29) is 12.1 Å². The highest BCUT2D eigenvalue weighted by atomic mass is 16.2. The van der Waals surface area contributed by atoms with E-state index in [0.29, 0.717) is 6.54 Å². The number of urea groups is 1. The third-order valence-electron chi connectivity index (χ3n) is 5.44. The van der Waals surface area contributed by atoms with Crippen LogP contribution in [0.3, 0.4) is 0 Å². The van der Waals surface area contributed by atoms with E-state index in [1.54, 1.807) is 0 Å². The maximum atomic E-state index is 12.5. The summed E-state index contributed by atoms with van der Waals surface area (Å²) < 4.78 is 2.07. The molecule has 3 aromatic rings. The van der Waals surface area contributed by atoms with E-state index in [9.17, 15) is 4.79 Å². The van der Waals surface area contributed by atoms with Crippen LogP contribution in [0.1, 0.15) is 46.8 Å². The Morgan fingerprint density at radius 1 is 1.14 bits per heavy atom. The van der Waals surface area contributed by atoms with Gasteiger partial charge in [-0.3, -0.25) is 4.68 Å². The highest BCUT2D eigenvalue weighted by Crippen LogP contribution is 2.29. The van der Waals surface area contributed by atoms with Gasteiger partial charge in [0.05, 0.1) is 18.8 Å². The van der Waals surface area contributed by atoms with Crippen LogP contribution < -0.4 is 10.6 Å². The Labute approximate surface area is 165 Å². The van der Waals surface area contributed by atoms with Gasteiger partial charge in [-0.2, -0.15) is 5.10 Å². The molecule has 0 spiro atoms. The van der Waals surface area contributed by atoms with Crippen molar-refractivity contribution < 1.29 is 4.79 Å². The second-order valence-electron chi connectivity index (χ2n) is 7.39. The number of hydrogen-bond donors (Lipinski definition) is 2. The Hall–Kier alpha value is -3.08. The molecule has 5 nitrogen and oxygen atoms in total. The number of nitrogens with one attached hydrogen (secondary N) is 2. The molecule has 5 heteroatoms. The summed E-state index contributed by atoms with van der Waals surface area (Å²) in [5.74, 6) is 0. The minimum absolute atomic E-state index is 0.0187. The van der Waals surface area contributed by atoms with Crippen LogP contribution in [0, 0.1) is 6.92 Å². The quantitative estimate of drug-likeness (QED) is 0.706. The van der Waals surface area contributed by atoms with Gasteiger partial charge in [-0.15, -0.1) is 0 Å². The van der Waals surface area contributed by atoms with Gasteiger partial charge in [0.1, 0.15) is 0 Å². The molecule has 0 saturated heterocycles. The standard InChI is InChI=1S/C23H26N4O/c1-17-8-5-6-11-19(17)14-24-23(28)26-21-12-7-13-22-20(21)15-25-27(22)16-18-9-3-2-4-10-18/h2-6,8-11,15,21H,7,12-14,16H2,1H3,(H2,24,26,28). The average molecular weight is 374 g/mol. The zero-order valence-corrected chi connectivity index (χ0v) is 16.2. The van der Waals surface area contributed by atoms with Crippen LogP contribution >= 0.6 is 0 Å². The first-order chi connectivity index (χ1) is 13.7. The third-order valence-corrected chi connectivity index (χ3v) is 5.44. The number of carbonyl (C=O) groups is 1. The van der Waals surface area contributed by atoms with E-state index in [0.717, 1.165) is 36.9 Å². The van der Waals surface area contributed by atoms with Gasteiger partial charge in [0, 0.05) is 17.8 Å². The van der Waals surface area contributed by atoms with Gasteiger partial charge in [-0.25, -0.2) is 4.79 Å². The number of hydrogen-bond acceptors (Lipinski definition) is 2. The van der Waals surface area contributed by atoms with Crippen molar-refractivity contribution in [1.82, 2.24) is 20.4 Å². The van der Waals surface area contributed by atoms with Gasteiger partial charge in [0.15, 0.2) is 0 Å². The first-order valence-corrected chi connectivity index (χ1v) is 9.88. The highest BCUT2D eigenvalue weighted by molar-refractivity contribution is 5.74. The molecule has 1 aliphatic carbocycles. The van der Waals surface area contributed by atoms with E-state index in [2.05, 4.69) is 57.7 Å². The molecule has 4 rings (SSSR count). The van der Waals surface area contributed by atoms with Crippen LogP contribution in [-0.4, -0.2) is 15.8 Å². The van der Waals surface area contributed by atoms with Gasteiger partial charge in [0.25, 0.3) is 0 Å². The Kier molecular flexibility index (Phi) is 5.42. The topological polar surface area (TPSA) is 59.0 Å². The molecular formula is C23H26N4O. The van der Waals surface area contributed by atoms with Gasteiger partial charge in [0.2, 0.25) is 0 Å². The summed E-state index contributed by atoms with van der Waals surface area (Å²) in [6.45, 7) is 3.36. The number of benzene rings is 2. The largest absolute Gasteiger partial charge is 0.334 e. The van der Waals surface area contributed by atoms with E-state index < -0.39 is 0 Å². The highest BCUT2D eigenvalue weighted by Gasteiger charge is 2.25. The summed E-state index contributed by atoms with van der Waals surface area (Å²) in [6.07, 6.45) is 4.92. The third kappa shape index (κ3) is 4.09. The summed E-state index contributed by atoms with van der Waals surface area (Å²) in [6, 6.07) is 18.4. The summed E-state index contributed by atoms with van der Waals surface area (Å²) in [5, 5.41) is 10.7. The fourth-order valence-corrected chi connectivity index (χ4v) is 3.85. The van der Waals surface area contributed by atoms with E-state index in [1.165, 1.54) is 16.8 Å². The molecule has 2 aromatic carbocycles. The van der Waals surface area contributed by atoms with Crippen LogP contribution in [0.4, 0.5) is 4.79 Å². The minimum atomic E-state index is -0.128. The number of amides is 2. The zero-order valence-electron chi connectivity index (χ0n) is 16.2. The summed E-state index contributed by atoms with van der Waals surface area (Å²) in [4.78, 5) is 12.5. The Morgan fingerprint density at radius 2 is 1.93 bits per heavy atom. The maximum Gasteiger partial charge on any atom is 0.315 e. The molecular weight excluding hydrogens is 348 g/mol. The van der Waals surface area contributed by atoms with E-state index in [1.807, 2.05) is 30.5 Å². The van der Waals surface area contributed by atoms with Crippen LogP contribution in [0.25, 0.3) is 0 Å². The lowest BCUT2D eigenvalue weighted by Gasteiger charge is -2.24. The molecule has 0 bridgehead atoms. The SMILES string of the molecule is Cc1ccccc1CNC(=O)NC1CCCc2c1cnn2Cc1ccccc1. The van der Waals surface area contributed by atoms with Crippen molar-refractivity contribution in [2.24, 2.45) is 0 Å². The van der Waals surface area contributed by atoms with Gasteiger partial charge in [-0.1, -0.05) is 54.6 Å². The van der Waals surface area contributed by atoms with E-state index >= 15 is 0 Å². The number of nitrogens with zero attached hydrogens (tertiary/aromatic N) is 2. The number of rotatable bonds is 5. The first kappa shape index (κ1) is 18.3. The molecule has 0 aliphatic heterocycles. The van der Waals surface area contributed by atoms with Crippen molar-refractivity contribution in [2.45, 2.75) is 45.3 Å². The van der Waals surface area contributed by atoms with Gasteiger partial charge >= 0.3 is 6.03 Å². The minimum Gasteiger partial charge on any atom is -0.334 e. The summed E-state index contributed by atoms with van der Waals surface area (Å²) >= 11 is 0. The Balaban J connectivity index is 1.40. The van der Waals surface area contributed by atoms with Gasteiger partial charge < -0.3 is 10.6 Å². The molecule has 1 atom stereocenters. The fourth-order valence-electron chi connectivity index (χ4n) is 3.85. The van der Waals surface area contributed by atoms with Crippen molar-refractivity contribution in [3.8, 4) is 0 Å². The lowest BCUT2D eigenvalue weighted by molar-refractivity contribution is 0.235. The lowest BCUT2D eigenvalue weighted by Crippen LogP contribution is -2.38. The van der Waals surface area contributed by atoms with Crippen LogP contribution in [0.2, 0.25) is 0 Å². The maximum absolute atomic E-state index is 12.5. The summed E-state index contributed by atoms with van der Waals surface area (Å²) in [5.41, 5.74) is 5.94. The molecule has 2 N–H and O–H groups in total. The predicted molar refractivity (Wildman–Crippen MR) is 110 cm³/mol. The lowest BCUT2D eigenvalue weighted by atomic mass is 9.93. The molecule has 144 valence electrons. The normalized spacial score (nSPS) is 15.7. The second kappa shape index (κ2) is 8.30. The molecule has 2 amide bonds. The molecule has 0 saturated carbocycles. The van der Waals surface area contributed by atoms with Crippen LogP contribution in [0.15, 0.2) is 60.8 Å².